The lowest BCUT2D eigenvalue weighted by Gasteiger charge is -2.33. The summed E-state index contributed by atoms with van der Waals surface area (Å²) in [5.41, 5.74) is -0.596. The average Bonchev–Trinajstić information content (AvgIpc) is 2.62. The van der Waals surface area contributed by atoms with Crippen molar-refractivity contribution >= 4 is 33.7 Å². The third-order valence-electron chi connectivity index (χ3n) is 3.95. The molecule has 1 aliphatic rings. The minimum absolute atomic E-state index is 0.0284. The van der Waals surface area contributed by atoms with Crippen LogP contribution in [0.1, 0.15) is 21.8 Å². The van der Waals surface area contributed by atoms with E-state index in [1.165, 1.54) is 12.1 Å². The molecule has 0 radical (unpaired) electrons. The number of hydrogen-bond acceptors (Lipinski definition) is 4. The van der Waals surface area contributed by atoms with Gasteiger partial charge in [-0.2, -0.15) is 0 Å². The van der Waals surface area contributed by atoms with Gasteiger partial charge in [0.05, 0.1) is 22.8 Å². The molecular formula is C16H11BrF4N4O2. The maximum absolute atomic E-state index is 14.3. The molecule has 0 bridgehead atoms. The summed E-state index contributed by atoms with van der Waals surface area (Å²) < 4.78 is 54.0. The van der Waals surface area contributed by atoms with Crippen molar-refractivity contribution in [1.29, 1.82) is 0 Å². The summed E-state index contributed by atoms with van der Waals surface area (Å²) in [6, 6.07) is 2.47. The van der Waals surface area contributed by atoms with Gasteiger partial charge in [-0.3, -0.25) is 14.9 Å². The molecule has 6 nitrogen and oxygen atoms in total. The van der Waals surface area contributed by atoms with E-state index in [0.717, 1.165) is 17.3 Å². The lowest BCUT2D eigenvalue weighted by atomic mass is 9.89. The number of carbonyl (C=O) groups is 2. The van der Waals surface area contributed by atoms with E-state index in [4.69, 9.17) is 0 Å². The second-order valence-electron chi connectivity index (χ2n) is 5.72. The summed E-state index contributed by atoms with van der Waals surface area (Å²) in [6.45, 7) is -1.10. The van der Waals surface area contributed by atoms with E-state index in [1.54, 1.807) is 0 Å². The Morgan fingerprint density at radius 2 is 1.96 bits per heavy atom. The van der Waals surface area contributed by atoms with Gasteiger partial charge >= 0.3 is 0 Å². The highest BCUT2D eigenvalue weighted by atomic mass is 79.9. The van der Waals surface area contributed by atoms with Crippen molar-refractivity contribution in [2.45, 2.75) is 12.3 Å². The van der Waals surface area contributed by atoms with Crippen molar-refractivity contribution in [3.63, 3.8) is 0 Å². The molecule has 0 spiro atoms. The van der Waals surface area contributed by atoms with Crippen LogP contribution in [0.15, 0.2) is 29.0 Å². The fourth-order valence-electron chi connectivity index (χ4n) is 2.75. The number of nitrogens with one attached hydrogen (secondary N) is 1. The van der Waals surface area contributed by atoms with Crippen molar-refractivity contribution in [2.24, 2.45) is 0 Å². The van der Waals surface area contributed by atoms with Gasteiger partial charge in [-0.15, -0.1) is 0 Å². The van der Waals surface area contributed by atoms with Gasteiger partial charge in [0.1, 0.15) is 12.4 Å². The molecule has 0 aliphatic carbocycles. The van der Waals surface area contributed by atoms with Crippen LogP contribution in [0.2, 0.25) is 0 Å². The first-order valence-corrected chi connectivity index (χ1v) is 8.40. The second kappa shape index (κ2) is 7.59. The molecule has 1 N–H and O–H groups in total. The van der Waals surface area contributed by atoms with Crippen molar-refractivity contribution in [2.75, 3.05) is 18.4 Å². The van der Waals surface area contributed by atoms with Gasteiger partial charge < -0.3 is 4.90 Å². The second-order valence-corrected chi connectivity index (χ2v) is 6.58. The van der Waals surface area contributed by atoms with Crippen molar-refractivity contribution in [3.05, 3.63) is 51.8 Å². The third-order valence-corrected chi connectivity index (χ3v) is 4.56. The molecule has 3 rings (SSSR count). The molecule has 11 heteroatoms. The number of amides is 2. The molecule has 0 unspecified atom stereocenters. The monoisotopic (exact) mass is 446 g/mol. The number of halogens is 5. The Morgan fingerprint density at radius 3 is 2.59 bits per heavy atom. The molecule has 1 aromatic carbocycles. The van der Waals surface area contributed by atoms with Gasteiger partial charge in [0.15, 0.2) is 5.82 Å². The highest BCUT2D eigenvalue weighted by Gasteiger charge is 2.39. The van der Waals surface area contributed by atoms with Crippen molar-refractivity contribution in [1.82, 2.24) is 14.9 Å². The summed E-state index contributed by atoms with van der Waals surface area (Å²) in [5.74, 6) is -4.91. The number of benzene rings is 1. The molecule has 1 atom stereocenters. The number of anilines is 1. The Morgan fingerprint density at radius 1 is 1.30 bits per heavy atom. The zero-order valence-electron chi connectivity index (χ0n) is 13.4. The number of hydrogen-bond donors (Lipinski definition) is 1. The molecule has 2 aromatic rings. The Kier molecular flexibility index (Phi) is 5.40. The first-order valence-electron chi connectivity index (χ1n) is 7.60. The van der Waals surface area contributed by atoms with Crippen molar-refractivity contribution < 1.29 is 27.2 Å². The van der Waals surface area contributed by atoms with Crippen LogP contribution < -0.4 is 5.32 Å². The number of aromatic nitrogens is 2. The largest absolute Gasteiger partial charge is 0.328 e. The van der Waals surface area contributed by atoms with E-state index in [9.17, 15) is 27.2 Å². The molecule has 0 saturated carbocycles. The lowest BCUT2D eigenvalue weighted by Crippen LogP contribution is -2.46. The zero-order valence-corrected chi connectivity index (χ0v) is 15.0. The molecule has 27 heavy (non-hydrogen) atoms. The predicted molar refractivity (Wildman–Crippen MR) is 89.4 cm³/mol. The fraction of sp³-hybridized carbons (Fsp3) is 0.250. The van der Waals surface area contributed by atoms with Crippen LogP contribution in [0.5, 0.6) is 0 Å². The van der Waals surface area contributed by atoms with Gasteiger partial charge in [-0.05, 0) is 28.1 Å². The zero-order chi connectivity index (χ0) is 19.7. The molecule has 1 aromatic heterocycles. The van der Waals surface area contributed by atoms with Crippen LogP contribution in [-0.2, 0) is 4.79 Å². The smallest absolute Gasteiger partial charge is 0.254 e. The van der Waals surface area contributed by atoms with Crippen LogP contribution in [0.4, 0.5) is 23.5 Å². The van der Waals surface area contributed by atoms with E-state index >= 15 is 0 Å². The van der Waals surface area contributed by atoms with E-state index in [2.05, 4.69) is 31.2 Å². The fourth-order valence-corrected chi connectivity index (χ4v) is 3.10. The van der Waals surface area contributed by atoms with E-state index in [-0.39, 0.29) is 21.5 Å². The highest BCUT2D eigenvalue weighted by molar-refractivity contribution is 9.10. The highest BCUT2D eigenvalue weighted by Crippen LogP contribution is 2.37. The van der Waals surface area contributed by atoms with E-state index in [1.807, 2.05) is 0 Å². The predicted octanol–water partition coefficient (Wildman–Crippen LogP) is 2.96. The van der Waals surface area contributed by atoms with Gasteiger partial charge in [0.25, 0.3) is 5.91 Å². The molecule has 0 saturated heterocycles. The standard InChI is InChI=1S/C16H11BrF4N4O2/c17-10-2-1-8-12(13(10)19)9(14(20)21)5-25(15(8)27)6-11(26)24-16-22-3-7(18)4-23-16/h1-4,9,14H,5-6H2,(H,22,23,24,26)/t9-/m1/s1. The summed E-state index contributed by atoms with van der Waals surface area (Å²) in [6.07, 6.45) is -1.27. The Bertz CT molecular complexity index is 895. The first kappa shape index (κ1) is 19.2. The molecule has 1 aliphatic heterocycles. The number of fused-ring (bicyclic) bond motifs is 1. The quantitative estimate of drug-likeness (QED) is 0.732. The van der Waals surface area contributed by atoms with Crippen LogP contribution in [0.25, 0.3) is 0 Å². The summed E-state index contributed by atoms with van der Waals surface area (Å²) in [5, 5.41) is 2.23. The number of alkyl halides is 2. The third kappa shape index (κ3) is 3.92. The summed E-state index contributed by atoms with van der Waals surface area (Å²) >= 11 is 2.92. The minimum atomic E-state index is -2.94. The summed E-state index contributed by atoms with van der Waals surface area (Å²) in [4.78, 5) is 32.6. The number of rotatable bonds is 4. The van der Waals surface area contributed by atoms with E-state index < -0.39 is 48.9 Å². The lowest BCUT2D eigenvalue weighted by molar-refractivity contribution is -0.117. The SMILES string of the molecule is O=C(CN1C[C@@H](C(F)F)c2c(ccc(Br)c2F)C1=O)Nc1ncc(F)cn1. The first-order chi connectivity index (χ1) is 12.8. The van der Waals surface area contributed by atoms with Gasteiger partial charge in [-0.25, -0.2) is 27.5 Å². The van der Waals surface area contributed by atoms with Gasteiger partial charge in [0, 0.05) is 17.7 Å². The van der Waals surface area contributed by atoms with Crippen molar-refractivity contribution in [3.8, 4) is 0 Å². The topological polar surface area (TPSA) is 75.2 Å². The minimum Gasteiger partial charge on any atom is -0.328 e. The molecule has 2 heterocycles. The van der Waals surface area contributed by atoms with Gasteiger partial charge in [-0.1, -0.05) is 0 Å². The van der Waals surface area contributed by atoms with Crippen LogP contribution >= 0.6 is 15.9 Å². The molecule has 2 amide bonds. The maximum Gasteiger partial charge on any atom is 0.254 e. The number of nitrogens with zero attached hydrogens (tertiary/aromatic N) is 3. The van der Waals surface area contributed by atoms with Crippen LogP contribution in [0, 0.1) is 11.6 Å². The maximum atomic E-state index is 14.3. The Labute approximate surface area is 158 Å². The van der Waals surface area contributed by atoms with Gasteiger partial charge in [0.2, 0.25) is 18.3 Å². The van der Waals surface area contributed by atoms with Crippen LogP contribution in [0.3, 0.4) is 0 Å². The molecule has 0 fully saturated rings. The Hall–Kier alpha value is -2.56. The van der Waals surface area contributed by atoms with Crippen LogP contribution in [-0.4, -0.2) is 46.2 Å². The normalized spacial score (nSPS) is 16.4. The Balaban J connectivity index is 1.82. The average molecular weight is 447 g/mol. The number of carbonyl (C=O) groups excluding carboxylic acids is 2. The molecular weight excluding hydrogens is 436 g/mol. The summed E-state index contributed by atoms with van der Waals surface area (Å²) in [7, 11) is 0. The van der Waals surface area contributed by atoms with E-state index in [0.29, 0.717) is 0 Å². The molecule has 142 valence electrons.